The first-order chi connectivity index (χ1) is 23.5. The van der Waals surface area contributed by atoms with Crippen molar-refractivity contribution in [1.82, 2.24) is 19.5 Å². The van der Waals surface area contributed by atoms with Crippen LogP contribution in [0.3, 0.4) is 0 Å². The van der Waals surface area contributed by atoms with Crippen LogP contribution in [-0.4, -0.2) is 27.6 Å². The Kier molecular flexibility index (Phi) is 9.78. The standard InChI is InChI=1S/C29H24N3O.C14H16NSi.Ir/c1-18-9-15-22-23-17-19(10-16-26(23)33-28(22)30-18)27-31-24-7-5-6-8-25(24)32(27)21-13-11-20(12-14-21)29(2,3)4;1-16(2,3)13-9-10-14(15-11-13)12-7-5-4-6-8-12;/h5-9,11-17H,1-4H3;4-7,9-11H,1-3H3;/q2*-1;. The second-order valence-corrected chi connectivity index (χ2v) is 19.6. The first kappa shape index (κ1) is 35.2. The van der Waals surface area contributed by atoms with Gasteiger partial charge < -0.3 is 14.0 Å². The van der Waals surface area contributed by atoms with Crippen molar-refractivity contribution in [3.63, 3.8) is 0 Å². The number of benzene rings is 4. The minimum atomic E-state index is -1.23. The zero-order valence-electron chi connectivity index (χ0n) is 29.5. The Morgan fingerprint density at radius 2 is 1.52 bits per heavy atom. The number of pyridine rings is 2. The zero-order chi connectivity index (χ0) is 34.3. The number of furan rings is 1. The van der Waals surface area contributed by atoms with Gasteiger partial charge in [-0.05, 0) is 65.2 Å². The normalized spacial score (nSPS) is 11.7. The van der Waals surface area contributed by atoms with E-state index in [0.29, 0.717) is 5.71 Å². The van der Waals surface area contributed by atoms with Crippen LogP contribution in [0.15, 0.2) is 120 Å². The van der Waals surface area contributed by atoms with Crippen LogP contribution in [0.2, 0.25) is 19.6 Å². The number of rotatable bonds is 4. The number of fused-ring (bicyclic) bond motifs is 4. The van der Waals surface area contributed by atoms with Crippen molar-refractivity contribution >= 4 is 46.4 Å². The van der Waals surface area contributed by atoms with E-state index >= 15 is 0 Å². The third-order valence-corrected chi connectivity index (χ3v) is 10.8. The smallest absolute Gasteiger partial charge is 0.216 e. The fourth-order valence-electron chi connectivity index (χ4n) is 5.95. The summed E-state index contributed by atoms with van der Waals surface area (Å²) in [4.78, 5) is 14.1. The summed E-state index contributed by atoms with van der Waals surface area (Å²) in [6.45, 7) is 15.7. The molecule has 4 aromatic carbocycles. The summed E-state index contributed by atoms with van der Waals surface area (Å²) in [5, 5.41) is 3.42. The van der Waals surface area contributed by atoms with Gasteiger partial charge in [0.25, 0.3) is 0 Å². The summed E-state index contributed by atoms with van der Waals surface area (Å²) in [6.07, 6.45) is 2.02. The molecule has 0 aliphatic carbocycles. The van der Waals surface area contributed by atoms with E-state index in [2.05, 4.69) is 134 Å². The average molecular weight is 849 g/mol. The van der Waals surface area contributed by atoms with Crippen molar-refractivity contribution in [2.24, 2.45) is 0 Å². The summed E-state index contributed by atoms with van der Waals surface area (Å²) in [7, 11) is -1.23. The van der Waals surface area contributed by atoms with Gasteiger partial charge in [-0.1, -0.05) is 82.2 Å². The molecule has 1 radical (unpaired) electrons. The van der Waals surface area contributed by atoms with Crippen LogP contribution in [0.25, 0.3) is 61.4 Å². The molecule has 0 unspecified atom stereocenters. The van der Waals surface area contributed by atoms with Crippen LogP contribution >= 0.6 is 0 Å². The molecule has 0 bridgehead atoms. The fraction of sp³-hybridized carbons (Fsp3) is 0.186. The molecular formula is C43H40IrN4OSi-2. The topological polar surface area (TPSA) is 56.7 Å². The van der Waals surface area contributed by atoms with Gasteiger partial charge in [-0.25, -0.2) is 4.98 Å². The Labute approximate surface area is 308 Å². The summed E-state index contributed by atoms with van der Waals surface area (Å²) in [5.41, 5.74) is 9.86. The fourth-order valence-corrected chi connectivity index (χ4v) is 6.99. The molecule has 0 amide bonds. The molecule has 0 saturated carbocycles. The molecule has 253 valence electrons. The maximum absolute atomic E-state index is 5.97. The maximum atomic E-state index is 5.97. The van der Waals surface area contributed by atoms with Crippen LogP contribution < -0.4 is 5.19 Å². The van der Waals surface area contributed by atoms with E-state index in [9.17, 15) is 0 Å². The number of hydrogen-bond acceptors (Lipinski definition) is 4. The van der Waals surface area contributed by atoms with Crippen LogP contribution in [0.5, 0.6) is 0 Å². The number of hydrogen-bond donors (Lipinski definition) is 0. The van der Waals surface area contributed by atoms with Crippen molar-refractivity contribution in [2.45, 2.75) is 52.8 Å². The summed E-state index contributed by atoms with van der Waals surface area (Å²) in [6, 6.07) is 43.9. The van der Waals surface area contributed by atoms with E-state index in [4.69, 9.17) is 9.40 Å². The molecule has 8 rings (SSSR count). The molecule has 7 heteroatoms. The van der Waals surface area contributed by atoms with E-state index in [0.717, 1.165) is 61.4 Å². The second-order valence-electron chi connectivity index (χ2n) is 14.5. The third kappa shape index (κ3) is 7.13. The Balaban J connectivity index is 0.000000215. The van der Waals surface area contributed by atoms with Crippen LogP contribution in [0, 0.1) is 19.1 Å². The molecule has 0 aliphatic rings. The van der Waals surface area contributed by atoms with Crippen molar-refractivity contribution < 1.29 is 24.5 Å². The van der Waals surface area contributed by atoms with Gasteiger partial charge in [-0.3, -0.25) is 4.98 Å². The van der Waals surface area contributed by atoms with Crippen molar-refractivity contribution in [2.75, 3.05) is 0 Å². The molecule has 0 atom stereocenters. The SMILES string of the molecule is C[Si](C)(C)c1ccc(-c2[c-]cccc2)nc1.Cc1ccc2c(n1)oc1c[c-]c(-c3nc4ccccc4n3-c3ccc(C(C)(C)C)cc3)cc12.[Ir]. The molecule has 0 spiro atoms. The minimum absolute atomic E-state index is 0. The van der Waals surface area contributed by atoms with Gasteiger partial charge in [0.1, 0.15) is 0 Å². The maximum Gasteiger partial charge on any atom is 0.216 e. The number of nitrogens with zero attached hydrogens (tertiary/aromatic N) is 4. The minimum Gasteiger partial charge on any atom is -0.486 e. The molecule has 50 heavy (non-hydrogen) atoms. The molecule has 0 aliphatic heterocycles. The molecule has 8 aromatic rings. The largest absolute Gasteiger partial charge is 0.486 e. The predicted molar refractivity (Wildman–Crippen MR) is 205 cm³/mol. The Morgan fingerprint density at radius 3 is 2.20 bits per heavy atom. The van der Waals surface area contributed by atoms with Crippen LogP contribution in [-0.2, 0) is 25.5 Å². The second kappa shape index (κ2) is 13.9. The van der Waals surface area contributed by atoms with E-state index < -0.39 is 8.07 Å². The van der Waals surface area contributed by atoms with Crippen LogP contribution in [0.1, 0.15) is 32.0 Å². The van der Waals surface area contributed by atoms with Crippen molar-refractivity contribution in [3.8, 4) is 28.3 Å². The quantitative estimate of drug-likeness (QED) is 0.131. The number of aryl methyl sites for hydroxylation is 1. The van der Waals surface area contributed by atoms with E-state index in [1.165, 1.54) is 10.8 Å². The predicted octanol–water partition coefficient (Wildman–Crippen LogP) is 10.5. The Hall–Kier alpha value is -4.68. The Bertz CT molecular complexity index is 2400. The zero-order valence-corrected chi connectivity index (χ0v) is 32.9. The third-order valence-electron chi connectivity index (χ3n) is 8.82. The van der Waals surface area contributed by atoms with E-state index in [1.54, 1.807) is 0 Å². The summed E-state index contributed by atoms with van der Waals surface area (Å²) >= 11 is 0. The monoisotopic (exact) mass is 849 g/mol. The molecular weight excluding hydrogens is 809 g/mol. The van der Waals surface area contributed by atoms with Gasteiger partial charge in [0.05, 0.1) is 30.5 Å². The first-order valence-corrected chi connectivity index (χ1v) is 20.2. The number of imidazole rings is 1. The Morgan fingerprint density at radius 1 is 0.760 bits per heavy atom. The van der Waals surface area contributed by atoms with Gasteiger partial charge in [0.2, 0.25) is 5.71 Å². The summed E-state index contributed by atoms with van der Waals surface area (Å²) in [5.74, 6) is 0.857. The van der Waals surface area contributed by atoms with Gasteiger partial charge in [-0.2, -0.15) is 0 Å². The van der Waals surface area contributed by atoms with Gasteiger partial charge in [-0.15, -0.1) is 59.7 Å². The molecule has 0 saturated heterocycles. The van der Waals surface area contributed by atoms with Gasteiger partial charge in [0, 0.05) is 43.1 Å². The average Bonchev–Trinajstić information content (AvgIpc) is 3.66. The first-order valence-electron chi connectivity index (χ1n) is 16.7. The van der Waals surface area contributed by atoms with Crippen LogP contribution in [0.4, 0.5) is 0 Å². The number of para-hydroxylation sites is 2. The summed E-state index contributed by atoms with van der Waals surface area (Å²) < 4.78 is 8.19. The molecule has 0 fully saturated rings. The van der Waals surface area contributed by atoms with E-state index in [-0.39, 0.29) is 25.5 Å². The van der Waals surface area contributed by atoms with E-state index in [1.807, 2.05) is 55.6 Å². The van der Waals surface area contributed by atoms with Crippen molar-refractivity contribution in [3.05, 3.63) is 139 Å². The number of aromatic nitrogens is 4. The van der Waals surface area contributed by atoms with Gasteiger partial charge >= 0.3 is 0 Å². The molecule has 4 aromatic heterocycles. The molecule has 4 heterocycles. The van der Waals surface area contributed by atoms with Crippen molar-refractivity contribution in [1.29, 1.82) is 0 Å². The molecule has 5 nitrogen and oxygen atoms in total. The molecule has 0 N–H and O–H groups in total. The van der Waals surface area contributed by atoms with Gasteiger partial charge in [0.15, 0.2) is 0 Å².